The summed E-state index contributed by atoms with van der Waals surface area (Å²) in [6.07, 6.45) is 6.06. The third kappa shape index (κ3) is 31.8. The number of hydrogen-bond acceptors (Lipinski definition) is 15. The van der Waals surface area contributed by atoms with Gasteiger partial charge in [0.15, 0.2) is 0 Å². The molecule has 0 radical (unpaired) electrons. The van der Waals surface area contributed by atoms with E-state index >= 15 is 0 Å². The first kappa shape index (κ1) is 78.4. The number of amides is 7. The van der Waals surface area contributed by atoms with E-state index in [2.05, 4.69) is 69.6 Å². The van der Waals surface area contributed by atoms with Gasteiger partial charge in [0.05, 0.1) is 13.1 Å². The van der Waals surface area contributed by atoms with E-state index in [1.54, 1.807) is 0 Å². The molecule has 3 aromatic rings. The van der Waals surface area contributed by atoms with Crippen molar-refractivity contribution in [2.24, 2.45) is 17.8 Å². The molecule has 5 rings (SSSR count). The molecule has 26 nitrogen and oxygen atoms in total. The minimum Gasteiger partial charge on any atom is -0.481 e. The highest BCUT2D eigenvalue weighted by atomic mass is 127. The number of carboxylic acids is 4. The van der Waals surface area contributed by atoms with Gasteiger partial charge in [-0.05, 0) is 173 Å². The number of benzene rings is 3. The van der Waals surface area contributed by atoms with E-state index in [9.17, 15) is 68.1 Å². The van der Waals surface area contributed by atoms with Crippen LogP contribution >= 0.6 is 22.6 Å². The Morgan fingerprint density at radius 2 is 1.07 bits per heavy atom. The number of fused-ring (bicyclic) bond motifs is 1. The van der Waals surface area contributed by atoms with Crippen molar-refractivity contribution in [1.29, 1.82) is 0 Å². The molecular formula is C68H100IN11O15. The maximum atomic E-state index is 14.1. The molecule has 0 spiro atoms. The number of carboxylic acid groups (broad SMARTS) is 4. The summed E-state index contributed by atoms with van der Waals surface area (Å²) in [6, 6.07) is 17.3. The number of carbonyl (C=O) groups excluding carboxylic acids is 7. The Morgan fingerprint density at radius 3 is 1.73 bits per heavy atom. The first-order chi connectivity index (χ1) is 45.5. The van der Waals surface area contributed by atoms with Crippen LogP contribution in [-0.2, 0) is 60.8 Å². The Bertz CT molecular complexity index is 2990. The van der Waals surface area contributed by atoms with Gasteiger partial charge in [-0.2, -0.15) is 0 Å². The predicted octanol–water partition coefficient (Wildman–Crippen LogP) is 4.10. The third-order valence-corrected chi connectivity index (χ3v) is 18.3. The van der Waals surface area contributed by atoms with Crippen LogP contribution in [0.5, 0.6) is 0 Å². The smallest absolute Gasteiger partial charge is 0.326 e. The van der Waals surface area contributed by atoms with Crippen LogP contribution in [0.15, 0.2) is 66.7 Å². The van der Waals surface area contributed by atoms with Gasteiger partial charge >= 0.3 is 29.9 Å². The van der Waals surface area contributed by atoms with Gasteiger partial charge in [-0.15, -0.1) is 0 Å². The molecule has 4 atom stereocenters. The zero-order chi connectivity index (χ0) is 69.1. The van der Waals surface area contributed by atoms with E-state index in [4.69, 9.17) is 5.11 Å². The molecule has 1 saturated heterocycles. The Hall–Kier alpha value is -7.34. The van der Waals surface area contributed by atoms with Crippen LogP contribution in [0.25, 0.3) is 10.8 Å². The van der Waals surface area contributed by atoms with Gasteiger partial charge in [0.25, 0.3) is 0 Å². The fraction of sp³-hybridized carbons (Fsp3) is 0.603. The monoisotopic (exact) mass is 1440 g/mol. The largest absolute Gasteiger partial charge is 0.481 e. The highest BCUT2D eigenvalue weighted by molar-refractivity contribution is 14.1. The lowest BCUT2D eigenvalue weighted by Gasteiger charge is -2.31. The number of nitrogens with zero attached hydrogens (tertiary/aromatic N) is 4. The number of aryl methyl sites for hydroxylation is 1. The number of rotatable bonds is 39. The maximum Gasteiger partial charge on any atom is 0.326 e. The summed E-state index contributed by atoms with van der Waals surface area (Å²) >= 11 is 2.24. The van der Waals surface area contributed by atoms with Crippen molar-refractivity contribution in [3.63, 3.8) is 0 Å². The molecule has 27 heteroatoms. The molecule has 2 fully saturated rings. The van der Waals surface area contributed by atoms with Gasteiger partial charge in [0.2, 0.25) is 29.5 Å². The number of hydrogen-bond donors (Lipinski definition) is 11. The molecule has 95 heavy (non-hydrogen) atoms. The minimum absolute atomic E-state index is 0.0184. The molecular weight excluding hydrogens is 1340 g/mol. The Labute approximate surface area is 570 Å². The summed E-state index contributed by atoms with van der Waals surface area (Å²) in [6.45, 7) is 5.27. The van der Waals surface area contributed by atoms with Gasteiger partial charge < -0.3 is 67.4 Å². The van der Waals surface area contributed by atoms with Crippen molar-refractivity contribution < 1.29 is 73.2 Å². The van der Waals surface area contributed by atoms with Crippen molar-refractivity contribution in [1.82, 2.24) is 56.8 Å². The van der Waals surface area contributed by atoms with Crippen molar-refractivity contribution in [3.05, 3.63) is 81.4 Å². The SMILES string of the molecule is CN1CCN(C)CCN(CC(=O)NC(CCC(=O)NCC2CCC(C(=O)CC(Cc3ccc4ccccc4c3)C(=O)NCCCCCNC(=O)NC(CCC(=O)O)C(=O)O)CC2)C(=O)NC(CCCCNC(=O)CCCc2ccc(I)cc2)C(=O)O)CCN(CC(=O)O)CC1. The summed E-state index contributed by atoms with van der Waals surface area (Å²) < 4.78 is 1.13. The van der Waals surface area contributed by atoms with Crippen LogP contribution in [0.2, 0.25) is 0 Å². The Morgan fingerprint density at radius 1 is 0.505 bits per heavy atom. The summed E-state index contributed by atoms with van der Waals surface area (Å²) in [5, 5.41) is 59.3. The number of nitrogens with one attached hydrogen (secondary N) is 7. The first-order valence-corrected chi connectivity index (χ1v) is 34.5. The van der Waals surface area contributed by atoms with Crippen molar-refractivity contribution in [2.75, 3.05) is 106 Å². The van der Waals surface area contributed by atoms with Crippen molar-refractivity contribution in [2.45, 2.75) is 140 Å². The van der Waals surface area contributed by atoms with Crippen LogP contribution in [0.1, 0.15) is 120 Å². The quantitative estimate of drug-likeness (QED) is 0.0283. The zero-order valence-corrected chi connectivity index (χ0v) is 57.3. The normalized spacial score (nSPS) is 17.5. The second-order valence-electron chi connectivity index (χ2n) is 25.3. The first-order valence-electron chi connectivity index (χ1n) is 33.4. The van der Waals surface area contributed by atoms with Crippen LogP contribution in [-0.4, -0.2) is 229 Å². The maximum absolute atomic E-state index is 14.1. The predicted molar refractivity (Wildman–Crippen MR) is 366 cm³/mol. The minimum atomic E-state index is -1.35. The molecule has 3 aromatic carbocycles. The van der Waals surface area contributed by atoms with E-state index in [1.165, 1.54) is 0 Å². The Kier molecular flexibility index (Phi) is 35.4. The molecule has 524 valence electrons. The van der Waals surface area contributed by atoms with E-state index in [1.807, 2.05) is 90.6 Å². The molecule has 1 aliphatic carbocycles. The number of aliphatic carboxylic acids is 4. The lowest BCUT2D eigenvalue weighted by molar-refractivity contribution is -0.143. The average molecular weight is 1440 g/mol. The average Bonchev–Trinajstić information content (AvgIpc) is 0.920. The molecule has 0 aromatic heterocycles. The van der Waals surface area contributed by atoms with Gasteiger partial charge in [-0.1, -0.05) is 54.6 Å². The lowest BCUT2D eigenvalue weighted by Crippen LogP contribution is -2.54. The zero-order valence-electron chi connectivity index (χ0n) is 55.1. The molecule has 4 unspecified atom stereocenters. The lowest BCUT2D eigenvalue weighted by atomic mass is 9.77. The summed E-state index contributed by atoms with van der Waals surface area (Å²) in [5.41, 5.74) is 2.05. The number of Topliss-reactive ketones (excluding diaryl/α,β-unsaturated/α-hetero) is 1. The number of likely N-dealkylation sites (N-methyl/N-ethyl adjacent to an activating group) is 2. The van der Waals surface area contributed by atoms with E-state index < -0.39 is 72.2 Å². The standard InChI is InChI=1S/C68H100IN11O15/c1-77-33-34-78(2)36-38-80(46-63(87)88)40-39-79(37-35-77)45-61(84)74-55(65(90)75-56(66(91)92)14-6-9-30-70-59(82)15-10-11-47-19-24-54(69)25-20-47)26-28-60(83)73-44-48-16-22-51(23-17-48)58(81)43-53(42-49-18-21-50-12-4-5-13-52(50)41-49)64(89)71-31-7-3-8-32-72-68(95)76-57(67(93)94)27-29-62(85)86/h4-5,12-13,18-21,24-25,41,48,51,53,55-57H,3,6-11,14-17,22-23,26-40,42-46H2,1-2H3,(H,70,82)(H,71,89)(H,73,83)(H,74,84)(H,75,90)(H,85,86)(H,87,88)(H,91,92)(H,93,94)(H2,72,76,95). The van der Waals surface area contributed by atoms with E-state index in [0.717, 1.165) is 45.0 Å². The number of halogens is 1. The Balaban J connectivity index is 1.14. The molecule has 0 bridgehead atoms. The van der Waals surface area contributed by atoms with E-state index in [0.29, 0.717) is 136 Å². The molecule has 1 saturated carbocycles. The fourth-order valence-corrected chi connectivity index (χ4v) is 12.0. The molecule has 7 amide bonds. The van der Waals surface area contributed by atoms with Gasteiger partial charge in [-0.3, -0.25) is 48.2 Å². The van der Waals surface area contributed by atoms with Gasteiger partial charge in [0, 0.05) is 120 Å². The molecule has 1 aliphatic heterocycles. The highest BCUT2D eigenvalue weighted by Gasteiger charge is 2.32. The summed E-state index contributed by atoms with van der Waals surface area (Å²) in [7, 11) is 3.97. The number of ketones is 1. The van der Waals surface area contributed by atoms with Gasteiger partial charge in [-0.25, -0.2) is 14.4 Å². The van der Waals surface area contributed by atoms with Crippen molar-refractivity contribution >= 4 is 98.6 Å². The van der Waals surface area contributed by atoms with Crippen LogP contribution in [0, 0.1) is 21.3 Å². The number of unbranched alkanes of at least 4 members (excludes halogenated alkanes) is 3. The number of urea groups is 1. The number of carbonyl (C=O) groups is 11. The van der Waals surface area contributed by atoms with Crippen LogP contribution in [0.3, 0.4) is 0 Å². The second-order valence-corrected chi connectivity index (χ2v) is 26.5. The van der Waals surface area contributed by atoms with Crippen LogP contribution in [0.4, 0.5) is 4.79 Å². The second kappa shape index (κ2) is 43.0. The van der Waals surface area contributed by atoms with E-state index in [-0.39, 0.29) is 87.1 Å². The van der Waals surface area contributed by atoms with Crippen LogP contribution < -0.4 is 37.2 Å². The summed E-state index contributed by atoms with van der Waals surface area (Å²) in [4.78, 5) is 149. The van der Waals surface area contributed by atoms with Gasteiger partial charge in [0.1, 0.15) is 23.9 Å². The molecule has 1 heterocycles. The summed E-state index contributed by atoms with van der Waals surface area (Å²) in [5.74, 6) is -7.76. The fourth-order valence-electron chi connectivity index (χ4n) is 11.7. The third-order valence-electron chi connectivity index (χ3n) is 17.6. The highest BCUT2D eigenvalue weighted by Crippen LogP contribution is 2.31. The van der Waals surface area contributed by atoms with Crippen molar-refractivity contribution in [3.8, 4) is 0 Å². The molecule has 2 aliphatic rings. The molecule has 11 N–H and O–H groups in total. The topological polar surface area (TPSA) is 366 Å².